The third-order valence-corrected chi connectivity index (χ3v) is 4.44. The number of fused-ring (bicyclic) bond motifs is 1. The highest BCUT2D eigenvalue weighted by molar-refractivity contribution is 5.95. The van der Waals surface area contributed by atoms with Crippen LogP contribution in [0.2, 0.25) is 0 Å². The van der Waals surface area contributed by atoms with Gasteiger partial charge in [0.25, 0.3) is 5.91 Å². The van der Waals surface area contributed by atoms with Crippen molar-refractivity contribution in [1.82, 2.24) is 10.2 Å². The van der Waals surface area contributed by atoms with Gasteiger partial charge in [-0.25, -0.2) is 0 Å². The van der Waals surface area contributed by atoms with E-state index in [1.165, 1.54) is 17.7 Å². The fraction of sp³-hybridized carbons (Fsp3) is 0.588. The van der Waals surface area contributed by atoms with E-state index in [-0.39, 0.29) is 5.91 Å². The Hall–Kier alpha value is -1.55. The molecule has 1 saturated heterocycles. The second-order valence-electron chi connectivity index (χ2n) is 5.98. The fourth-order valence-electron chi connectivity index (χ4n) is 3.34. The van der Waals surface area contributed by atoms with Crippen LogP contribution in [0.25, 0.3) is 0 Å². The van der Waals surface area contributed by atoms with Crippen molar-refractivity contribution >= 4 is 11.6 Å². The molecule has 0 unspecified atom stereocenters. The third kappa shape index (κ3) is 3.05. The van der Waals surface area contributed by atoms with E-state index in [2.05, 4.69) is 29.3 Å². The molecule has 1 aromatic carbocycles. The summed E-state index contributed by atoms with van der Waals surface area (Å²) in [6, 6.07) is 6.29. The van der Waals surface area contributed by atoms with Gasteiger partial charge < -0.3 is 15.1 Å². The first-order valence-corrected chi connectivity index (χ1v) is 8.17. The molecule has 1 fully saturated rings. The third-order valence-electron chi connectivity index (χ3n) is 4.44. The summed E-state index contributed by atoms with van der Waals surface area (Å²) in [6.07, 6.45) is 3.51. The van der Waals surface area contributed by atoms with Crippen LogP contribution in [-0.4, -0.2) is 50.1 Å². The topological polar surface area (TPSA) is 35.6 Å². The summed E-state index contributed by atoms with van der Waals surface area (Å²) in [5.41, 5.74) is 3.52. The van der Waals surface area contributed by atoms with Crippen molar-refractivity contribution in [2.24, 2.45) is 0 Å². The maximum atomic E-state index is 12.6. The van der Waals surface area contributed by atoms with Gasteiger partial charge in [0.15, 0.2) is 0 Å². The van der Waals surface area contributed by atoms with Gasteiger partial charge in [-0.3, -0.25) is 4.79 Å². The molecule has 1 aromatic rings. The second kappa shape index (κ2) is 6.48. The molecule has 0 bridgehead atoms. The molecule has 0 aliphatic carbocycles. The quantitative estimate of drug-likeness (QED) is 0.922. The van der Waals surface area contributed by atoms with Gasteiger partial charge in [-0.2, -0.15) is 0 Å². The molecule has 0 spiro atoms. The van der Waals surface area contributed by atoms with Crippen LogP contribution in [0.1, 0.15) is 35.7 Å². The molecule has 4 nitrogen and oxygen atoms in total. The van der Waals surface area contributed by atoms with E-state index in [9.17, 15) is 4.79 Å². The maximum Gasteiger partial charge on any atom is 0.254 e. The minimum atomic E-state index is 0.182. The molecule has 1 amide bonds. The number of amides is 1. The van der Waals surface area contributed by atoms with Crippen LogP contribution in [0.4, 0.5) is 5.69 Å². The highest BCUT2D eigenvalue weighted by atomic mass is 16.2. The number of hydrogen-bond acceptors (Lipinski definition) is 3. The van der Waals surface area contributed by atoms with Crippen LogP contribution >= 0.6 is 0 Å². The number of rotatable bonds is 3. The van der Waals surface area contributed by atoms with Crippen LogP contribution in [-0.2, 0) is 6.42 Å². The van der Waals surface area contributed by atoms with Crippen LogP contribution in [0.3, 0.4) is 0 Å². The van der Waals surface area contributed by atoms with Crippen LogP contribution in [0.5, 0.6) is 0 Å². The van der Waals surface area contributed by atoms with Crippen molar-refractivity contribution in [2.45, 2.75) is 26.2 Å². The van der Waals surface area contributed by atoms with Gasteiger partial charge in [0, 0.05) is 50.5 Å². The van der Waals surface area contributed by atoms with Crippen molar-refractivity contribution in [2.75, 3.05) is 44.2 Å². The molecule has 0 atom stereocenters. The average molecular weight is 287 g/mol. The molecule has 4 heteroatoms. The zero-order valence-electron chi connectivity index (χ0n) is 12.9. The molecule has 1 N–H and O–H groups in total. The zero-order valence-corrected chi connectivity index (χ0v) is 12.9. The molecule has 0 saturated carbocycles. The summed E-state index contributed by atoms with van der Waals surface area (Å²) in [6.45, 7) is 7.84. The number of hydrogen-bond donors (Lipinski definition) is 1. The van der Waals surface area contributed by atoms with Gasteiger partial charge in [-0.15, -0.1) is 0 Å². The Bertz CT molecular complexity index is 509. The number of aryl methyl sites for hydroxylation is 1. The van der Waals surface area contributed by atoms with Gasteiger partial charge >= 0.3 is 0 Å². The SMILES string of the molecule is CCCN1CCCc2ccc(C(=O)N3CCNCC3)cc21. The Labute approximate surface area is 127 Å². The predicted molar refractivity (Wildman–Crippen MR) is 86.0 cm³/mol. The lowest BCUT2D eigenvalue weighted by molar-refractivity contribution is 0.0736. The van der Waals surface area contributed by atoms with Gasteiger partial charge in [-0.05, 0) is 37.0 Å². The van der Waals surface area contributed by atoms with E-state index in [1.54, 1.807) is 0 Å². The zero-order chi connectivity index (χ0) is 14.7. The Morgan fingerprint density at radius 3 is 2.81 bits per heavy atom. The lowest BCUT2D eigenvalue weighted by Crippen LogP contribution is -2.46. The van der Waals surface area contributed by atoms with Crippen molar-refractivity contribution in [3.8, 4) is 0 Å². The summed E-state index contributed by atoms with van der Waals surface area (Å²) in [5, 5.41) is 3.29. The number of nitrogens with one attached hydrogen (secondary N) is 1. The molecule has 2 heterocycles. The summed E-state index contributed by atoms with van der Waals surface area (Å²) in [7, 11) is 0. The number of piperazine rings is 1. The van der Waals surface area contributed by atoms with Crippen molar-refractivity contribution < 1.29 is 4.79 Å². The smallest absolute Gasteiger partial charge is 0.254 e. The number of anilines is 1. The first kappa shape index (κ1) is 14.4. The Morgan fingerprint density at radius 1 is 1.24 bits per heavy atom. The van der Waals surface area contributed by atoms with E-state index >= 15 is 0 Å². The average Bonchev–Trinajstić information content (AvgIpc) is 2.55. The molecule has 2 aliphatic heterocycles. The van der Waals surface area contributed by atoms with Crippen molar-refractivity contribution in [3.63, 3.8) is 0 Å². The Morgan fingerprint density at radius 2 is 2.05 bits per heavy atom. The van der Waals surface area contributed by atoms with E-state index < -0.39 is 0 Å². The lowest BCUT2D eigenvalue weighted by atomic mass is 9.99. The number of benzene rings is 1. The largest absolute Gasteiger partial charge is 0.371 e. The highest BCUT2D eigenvalue weighted by Gasteiger charge is 2.21. The van der Waals surface area contributed by atoms with E-state index in [0.29, 0.717) is 0 Å². The van der Waals surface area contributed by atoms with Crippen LogP contribution in [0.15, 0.2) is 18.2 Å². The van der Waals surface area contributed by atoms with Crippen molar-refractivity contribution in [1.29, 1.82) is 0 Å². The normalized spacial score (nSPS) is 18.5. The molecular weight excluding hydrogens is 262 g/mol. The summed E-state index contributed by atoms with van der Waals surface area (Å²) in [4.78, 5) is 17.0. The number of carbonyl (C=O) groups is 1. The molecule has 0 radical (unpaired) electrons. The van der Waals surface area contributed by atoms with Gasteiger partial charge in [-0.1, -0.05) is 13.0 Å². The Balaban J connectivity index is 1.83. The van der Waals surface area contributed by atoms with Gasteiger partial charge in [0.05, 0.1) is 0 Å². The monoisotopic (exact) mass is 287 g/mol. The lowest BCUT2D eigenvalue weighted by Gasteiger charge is -2.32. The molecule has 0 aromatic heterocycles. The van der Waals surface area contributed by atoms with E-state index in [1.807, 2.05) is 11.0 Å². The van der Waals surface area contributed by atoms with Crippen molar-refractivity contribution in [3.05, 3.63) is 29.3 Å². The maximum absolute atomic E-state index is 12.6. The van der Waals surface area contributed by atoms with E-state index in [4.69, 9.17) is 0 Å². The fourth-order valence-corrected chi connectivity index (χ4v) is 3.34. The Kier molecular flexibility index (Phi) is 4.44. The molecule has 114 valence electrons. The minimum absolute atomic E-state index is 0.182. The molecule has 3 rings (SSSR count). The highest BCUT2D eigenvalue weighted by Crippen LogP contribution is 2.28. The summed E-state index contributed by atoms with van der Waals surface area (Å²) >= 11 is 0. The first-order valence-electron chi connectivity index (χ1n) is 8.17. The van der Waals surface area contributed by atoms with Crippen LogP contribution in [0, 0.1) is 0 Å². The predicted octanol–water partition coefficient (Wildman–Crippen LogP) is 1.89. The van der Waals surface area contributed by atoms with E-state index in [0.717, 1.165) is 57.7 Å². The molecular formula is C17H25N3O. The second-order valence-corrected chi connectivity index (χ2v) is 5.98. The molecule has 21 heavy (non-hydrogen) atoms. The minimum Gasteiger partial charge on any atom is -0.371 e. The number of nitrogens with zero attached hydrogens (tertiary/aromatic N) is 2. The van der Waals surface area contributed by atoms with Gasteiger partial charge in [0.2, 0.25) is 0 Å². The number of carbonyl (C=O) groups excluding carboxylic acids is 1. The standard InChI is InChI=1S/C17H25N3O/c1-2-9-19-10-3-4-14-5-6-15(13-16(14)19)17(21)20-11-7-18-8-12-20/h5-6,13,18H,2-4,7-12H2,1H3. The van der Waals surface area contributed by atoms with Crippen LogP contribution < -0.4 is 10.2 Å². The summed E-state index contributed by atoms with van der Waals surface area (Å²) in [5.74, 6) is 0.182. The molecule has 2 aliphatic rings. The summed E-state index contributed by atoms with van der Waals surface area (Å²) < 4.78 is 0. The first-order chi connectivity index (χ1) is 10.3. The van der Waals surface area contributed by atoms with Gasteiger partial charge in [0.1, 0.15) is 0 Å².